The van der Waals surface area contributed by atoms with Crippen LogP contribution in [-0.4, -0.2) is 56.7 Å². The zero-order valence-corrected chi connectivity index (χ0v) is 16.9. The summed E-state index contributed by atoms with van der Waals surface area (Å²) in [5.74, 6) is -0.607. The summed E-state index contributed by atoms with van der Waals surface area (Å²) < 4.78 is 29.6. The SMILES string of the molecule is C=C1OCC(COC(=O)C=CCCCCCCC=CC(=O)OCC2COC(=O)O2)O1. The largest absolute Gasteiger partial charge is 0.508 e. The molecule has 2 rings (SSSR count). The van der Waals surface area contributed by atoms with Crippen LogP contribution in [0.25, 0.3) is 0 Å². The molecular formula is C21H28O9. The molecule has 0 N–H and O–H groups in total. The van der Waals surface area contributed by atoms with Gasteiger partial charge in [-0.3, -0.25) is 0 Å². The minimum Gasteiger partial charge on any atom is -0.462 e. The maximum atomic E-state index is 11.6. The molecule has 0 saturated carbocycles. The van der Waals surface area contributed by atoms with Gasteiger partial charge in [-0.15, -0.1) is 0 Å². The van der Waals surface area contributed by atoms with Gasteiger partial charge in [0.1, 0.15) is 26.4 Å². The molecule has 2 aliphatic rings. The van der Waals surface area contributed by atoms with Crippen LogP contribution in [0.4, 0.5) is 4.79 Å². The molecule has 2 unspecified atom stereocenters. The summed E-state index contributed by atoms with van der Waals surface area (Å²) in [6, 6.07) is 0. The van der Waals surface area contributed by atoms with Gasteiger partial charge in [-0.2, -0.15) is 0 Å². The second kappa shape index (κ2) is 13.3. The number of unbranched alkanes of at least 4 members (excludes halogenated alkanes) is 5. The van der Waals surface area contributed by atoms with Gasteiger partial charge in [0.2, 0.25) is 0 Å². The van der Waals surface area contributed by atoms with E-state index in [9.17, 15) is 14.4 Å². The van der Waals surface area contributed by atoms with Gasteiger partial charge in [-0.25, -0.2) is 14.4 Å². The maximum absolute atomic E-state index is 11.6. The lowest BCUT2D eigenvalue weighted by Crippen LogP contribution is -2.19. The smallest absolute Gasteiger partial charge is 0.462 e. The van der Waals surface area contributed by atoms with Crippen LogP contribution >= 0.6 is 0 Å². The van der Waals surface area contributed by atoms with Crippen LogP contribution in [0.2, 0.25) is 0 Å². The molecule has 9 heteroatoms. The molecular weight excluding hydrogens is 396 g/mol. The molecule has 0 aromatic carbocycles. The second-order valence-electron chi connectivity index (χ2n) is 6.78. The van der Waals surface area contributed by atoms with E-state index in [2.05, 4.69) is 11.3 Å². The number of ether oxygens (including phenoxy) is 6. The number of esters is 2. The maximum Gasteiger partial charge on any atom is 0.508 e. The Bertz CT molecular complexity index is 597. The number of carbonyl (C=O) groups excluding carboxylic acids is 3. The molecule has 2 aliphatic heterocycles. The fourth-order valence-electron chi connectivity index (χ4n) is 2.65. The normalized spacial score (nSPS) is 20.7. The number of allylic oxidation sites excluding steroid dienone is 2. The third-order valence-corrected chi connectivity index (χ3v) is 4.20. The van der Waals surface area contributed by atoms with Crippen LogP contribution in [0, 0.1) is 0 Å². The molecule has 2 heterocycles. The fraction of sp³-hybridized carbons (Fsp3) is 0.571. The molecule has 2 fully saturated rings. The highest BCUT2D eigenvalue weighted by Crippen LogP contribution is 2.13. The topological polar surface area (TPSA) is 107 Å². The number of hydrogen-bond acceptors (Lipinski definition) is 9. The predicted octanol–water partition coefficient (Wildman–Crippen LogP) is 2.95. The van der Waals surface area contributed by atoms with E-state index in [4.69, 9.17) is 23.7 Å². The summed E-state index contributed by atoms with van der Waals surface area (Å²) in [6.07, 6.45) is 10.4. The third-order valence-electron chi connectivity index (χ3n) is 4.20. The van der Waals surface area contributed by atoms with Crippen molar-refractivity contribution in [1.29, 1.82) is 0 Å². The molecule has 0 aromatic heterocycles. The number of cyclic esters (lactones) is 2. The Balaban J connectivity index is 1.38. The van der Waals surface area contributed by atoms with Crippen molar-refractivity contribution in [3.8, 4) is 0 Å². The van der Waals surface area contributed by atoms with Crippen LogP contribution in [-0.2, 0) is 38.0 Å². The standard InChI is InChI=1S/C21H28O9/c1-16-25-12-17(29-16)13-26-19(22)10-8-6-4-2-3-5-7-9-11-20(23)27-14-18-15-28-21(24)30-18/h8-11,17-18H,1-7,12-15H2. The van der Waals surface area contributed by atoms with Crippen molar-refractivity contribution in [2.24, 2.45) is 0 Å². The third kappa shape index (κ3) is 9.99. The van der Waals surface area contributed by atoms with Gasteiger partial charge in [0.05, 0.1) is 0 Å². The Kier molecular flexibility index (Phi) is 10.3. The molecule has 0 aliphatic carbocycles. The molecule has 0 amide bonds. The molecule has 0 aromatic rings. The summed E-state index contributed by atoms with van der Waals surface area (Å²) in [5.41, 5.74) is 0. The Morgan fingerprint density at radius 3 is 1.87 bits per heavy atom. The summed E-state index contributed by atoms with van der Waals surface area (Å²) in [6.45, 7) is 4.11. The Morgan fingerprint density at radius 1 is 0.867 bits per heavy atom. The Labute approximate surface area is 175 Å². The first kappa shape index (κ1) is 23.3. The molecule has 9 nitrogen and oxygen atoms in total. The van der Waals surface area contributed by atoms with Crippen molar-refractivity contribution in [3.63, 3.8) is 0 Å². The van der Waals surface area contributed by atoms with Crippen molar-refractivity contribution in [2.75, 3.05) is 26.4 Å². The molecule has 2 saturated heterocycles. The van der Waals surface area contributed by atoms with E-state index >= 15 is 0 Å². The van der Waals surface area contributed by atoms with Crippen molar-refractivity contribution in [3.05, 3.63) is 36.8 Å². The van der Waals surface area contributed by atoms with E-state index in [-0.39, 0.29) is 31.9 Å². The zero-order chi connectivity index (χ0) is 21.6. The minimum absolute atomic E-state index is 0.00545. The van der Waals surface area contributed by atoms with Crippen molar-refractivity contribution in [1.82, 2.24) is 0 Å². The average molecular weight is 424 g/mol. The van der Waals surface area contributed by atoms with E-state index < -0.39 is 24.2 Å². The molecule has 2 atom stereocenters. The summed E-state index contributed by atoms with van der Waals surface area (Å²) in [5, 5.41) is 0. The number of carbonyl (C=O) groups is 3. The molecule has 0 radical (unpaired) electrons. The van der Waals surface area contributed by atoms with Crippen molar-refractivity contribution >= 4 is 18.1 Å². The highest BCUT2D eigenvalue weighted by Gasteiger charge is 2.25. The fourth-order valence-corrected chi connectivity index (χ4v) is 2.65. The number of rotatable bonds is 13. The van der Waals surface area contributed by atoms with Gasteiger partial charge in [0.25, 0.3) is 5.95 Å². The van der Waals surface area contributed by atoms with Crippen LogP contribution in [0.1, 0.15) is 38.5 Å². The van der Waals surface area contributed by atoms with Crippen molar-refractivity contribution in [2.45, 2.75) is 50.7 Å². The Hall–Kier alpha value is -2.97. The van der Waals surface area contributed by atoms with E-state index in [1.54, 1.807) is 12.2 Å². The number of hydrogen-bond donors (Lipinski definition) is 0. The quantitative estimate of drug-likeness (QED) is 0.191. The zero-order valence-electron chi connectivity index (χ0n) is 16.9. The van der Waals surface area contributed by atoms with Gasteiger partial charge < -0.3 is 28.4 Å². The minimum atomic E-state index is -0.737. The van der Waals surface area contributed by atoms with Gasteiger partial charge in [-0.05, 0) is 32.3 Å². The second-order valence-corrected chi connectivity index (χ2v) is 6.78. The first-order valence-electron chi connectivity index (χ1n) is 10.0. The van der Waals surface area contributed by atoms with Gasteiger partial charge in [-0.1, -0.05) is 25.0 Å². The summed E-state index contributed by atoms with van der Waals surface area (Å²) in [4.78, 5) is 33.8. The average Bonchev–Trinajstić information content (AvgIpc) is 3.33. The summed E-state index contributed by atoms with van der Waals surface area (Å²) >= 11 is 0. The predicted molar refractivity (Wildman–Crippen MR) is 104 cm³/mol. The van der Waals surface area contributed by atoms with Crippen LogP contribution in [0.5, 0.6) is 0 Å². The van der Waals surface area contributed by atoms with E-state index in [1.165, 1.54) is 12.2 Å². The highest BCUT2D eigenvalue weighted by molar-refractivity contribution is 5.82. The van der Waals surface area contributed by atoms with Crippen molar-refractivity contribution < 1.29 is 42.8 Å². The first-order chi connectivity index (χ1) is 14.5. The van der Waals surface area contributed by atoms with Gasteiger partial charge >= 0.3 is 18.1 Å². The van der Waals surface area contributed by atoms with E-state index in [0.717, 1.165) is 38.5 Å². The van der Waals surface area contributed by atoms with Crippen LogP contribution in [0.3, 0.4) is 0 Å². The van der Waals surface area contributed by atoms with Crippen LogP contribution in [0.15, 0.2) is 36.8 Å². The monoisotopic (exact) mass is 424 g/mol. The molecule has 0 bridgehead atoms. The Morgan fingerprint density at radius 2 is 1.40 bits per heavy atom. The molecule has 0 spiro atoms. The highest BCUT2D eigenvalue weighted by atomic mass is 16.8. The van der Waals surface area contributed by atoms with Gasteiger partial charge in [0.15, 0.2) is 12.2 Å². The lowest BCUT2D eigenvalue weighted by molar-refractivity contribution is -0.141. The van der Waals surface area contributed by atoms with E-state index in [1.807, 2.05) is 0 Å². The first-order valence-corrected chi connectivity index (χ1v) is 10.0. The molecule has 30 heavy (non-hydrogen) atoms. The van der Waals surface area contributed by atoms with E-state index in [0.29, 0.717) is 6.61 Å². The summed E-state index contributed by atoms with van der Waals surface area (Å²) in [7, 11) is 0. The lowest BCUT2D eigenvalue weighted by atomic mass is 10.1. The lowest BCUT2D eigenvalue weighted by Gasteiger charge is -2.06. The molecule has 166 valence electrons. The van der Waals surface area contributed by atoms with Crippen LogP contribution < -0.4 is 0 Å². The van der Waals surface area contributed by atoms with Gasteiger partial charge in [0, 0.05) is 12.2 Å².